The molecule has 0 atom stereocenters. The van der Waals surface area contributed by atoms with Crippen LogP contribution in [-0.4, -0.2) is 21.1 Å². The molecule has 0 nitrogen and oxygen atoms in total. The van der Waals surface area contributed by atoms with Crippen molar-refractivity contribution < 1.29 is 0 Å². The van der Waals surface area contributed by atoms with E-state index in [2.05, 4.69) is 26.8 Å². The van der Waals surface area contributed by atoms with Gasteiger partial charge in [-0.15, -0.1) is 0 Å². The van der Waals surface area contributed by atoms with Gasteiger partial charge in [-0.05, 0) is 0 Å². The first-order chi connectivity index (χ1) is 9.26. The van der Waals surface area contributed by atoms with Crippen LogP contribution < -0.4 is 0 Å². The second-order valence-electron chi connectivity index (χ2n) is 6.34. The Morgan fingerprint density at radius 3 is 1.84 bits per heavy atom. The van der Waals surface area contributed by atoms with Crippen LogP contribution in [0.1, 0.15) is 97.8 Å². The molecule has 0 aliphatic heterocycles. The molecule has 1 aliphatic rings. The predicted octanol–water partition coefficient (Wildman–Crippen LogP) is 6.49. The van der Waals surface area contributed by atoms with E-state index in [1.54, 1.807) is 19.3 Å². The Morgan fingerprint density at radius 1 is 0.947 bits per heavy atom. The van der Waals surface area contributed by atoms with Crippen LogP contribution in [0.3, 0.4) is 0 Å². The van der Waals surface area contributed by atoms with Crippen LogP contribution in [0.4, 0.5) is 0 Å². The van der Waals surface area contributed by atoms with Crippen molar-refractivity contribution in [3.8, 4) is 0 Å². The van der Waals surface area contributed by atoms with Gasteiger partial charge in [-0.25, -0.2) is 0 Å². The van der Waals surface area contributed by atoms with Crippen molar-refractivity contribution in [3.05, 3.63) is 9.67 Å². The molecule has 0 bridgehead atoms. The molecule has 0 heterocycles. The van der Waals surface area contributed by atoms with Crippen molar-refractivity contribution in [1.29, 1.82) is 0 Å². The van der Waals surface area contributed by atoms with Crippen LogP contribution >= 0.6 is 0 Å². The number of hydrogen-bond acceptors (Lipinski definition) is 0. The third-order valence-electron chi connectivity index (χ3n) is 4.49. The Balaban J connectivity index is 2.67. The molecule has 0 saturated heterocycles. The van der Waals surface area contributed by atoms with E-state index >= 15 is 0 Å². The summed E-state index contributed by atoms with van der Waals surface area (Å²) in [5, 5.41) is 0. The third kappa shape index (κ3) is 6.69. The molecule has 0 saturated carbocycles. The summed E-state index contributed by atoms with van der Waals surface area (Å²) in [5.74, 6) is 0. The summed E-state index contributed by atoms with van der Waals surface area (Å²) in [7, 11) is 0. The normalized spacial score (nSPS) is 15.8. The van der Waals surface area contributed by atoms with E-state index in [9.17, 15) is 0 Å². The fourth-order valence-electron chi connectivity index (χ4n) is 3.23. The zero-order valence-corrected chi connectivity index (χ0v) is 16.4. The molecule has 0 aromatic heterocycles. The summed E-state index contributed by atoms with van der Waals surface area (Å²) in [6.45, 7) is 7.10. The Morgan fingerprint density at radius 2 is 1.47 bits per heavy atom. The SMILES string of the molecule is CCCC[C](CCCC)(CCCC)[Sn][C]1=CCCC1. The molecule has 110 valence electrons. The first-order valence-electron chi connectivity index (χ1n) is 8.73. The van der Waals surface area contributed by atoms with Crippen molar-refractivity contribution in [2.75, 3.05) is 0 Å². The molecule has 0 N–H and O–H groups in total. The Bertz CT molecular complexity index is 233. The van der Waals surface area contributed by atoms with Gasteiger partial charge in [0.2, 0.25) is 0 Å². The average Bonchev–Trinajstić information content (AvgIpc) is 2.93. The molecular formula is C18H34Sn. The Labute approximate surface area is 132 Å². The van der Waals surface area contributed by atoms with Gasteiger partial charge in [0.05, 0.1) is 0 Å². The molecule has 0 spiro atoms. The van der Waals surface area contributed by atoms with Crippen LogP contribution in [0, 0.1) is 0 Å². The van der Waals surface area contributed by atoms with Crippen LogP contribution in [-0.2, 0) is 0 Å². The van der Waals surface area contributed by atoms with Crippen LogP contribution in [0.25, 0.3) is 0 Å². The second kappa shape index (κ2) is 10.3. The molecule has 0 aromatic carbocycles. The van der Waals surface area contributed by atoms with Crippen LogP contribution in [0.5, 0.6) is 0 Å². The topological polar surface area (TPSA) is 0 Å². The van der Waals surface area contributed by atoms with Gasteiger partial charge in [0.15, 0.2) is 0 Å². The fourth-order valence-corrected chi connectivity index (χ4v) is 9.33. The van der Waals surface area contributed by atoms with E-state index in [-0.39, 0.29) is 21.1 Å². The van der Waals surface area contributed by atoms with E-state index in [0.29, 0.717) is 0 Å². The number of hydrogen-bond donors (Lipinski definition) is 0. The summed E-state index contributed by atoms with van der Waals surface area (Å²) in [6, 6.07) is 0. The standard InChI is InChI=1S/C13H27.C5H7.Sn/c1-4-7-10-13(11-8-5-2)12-9-6-3;1-2-4-5-3-1;/h4-12H2,1-3H3;1H,2,4-5H2;. The second-order valence-corrected chi connectivity index (χ2v) is 11.9. The fraction of sp³-hybridized carbons (Fsp3) is 0.889. The van der Waals surface area contributed by atoms with Gasteiger partial charge in [-0.1, -0.05) is 0 Å². The predicted molar refractivity (Wildman–Crippen MR) is 89.0 cm³/mol. The van der Waals surface area contributed by atoms with Crippen molar-refractivity contribution in [3.63, 3.8) is 0 Å². The van der Waals surface area contributed by atoms with Gasteiger partial charge in [-0.2, -0.15) is 0 Å². The number of rotatable bonds is 11. The number of allylic oxidation sites excluding steroid dienone is 2. The summed E-state index contributed by atoms with van der Waals surface area (Å²) >= 11 is -0.325. The summed E-state index contributed by atoms with van der Waals surface area (Å²) in [6.07, 6.45) is 20.2. The Hall–Kier alpha value is 0.539. The summed E-state index contributed by atoms with van der Waals surface area (Å²) in [5.41, 5.74) is 0. The summed E-state index contributed by atoms with van der Waals surface area (Å²) in [4.78, 5) is 0. The number of unbranched alkanes of at least 4 members (excludes halogenated alkanes) is 3. The maximum atomic E-state index is 2.63. The molecule has 1 rings (SSSR count). The minimum absolute atomic E-state index is 0.325. The van der Waals surface area contributed by atoms with Crippen molar-refractivity contribution in [1.82, 2.24) is 0 Å². The first-order valence-corrected chi connectivity index (χ1v) is 11.6. The van der Waals surface area contributed by atoms with Gasteiger partial charge in [-0.3, -0.25) is 0 Å². The maximum absolute atomic E-state index is 2.63. The minimum atomic E-state index is -0.325. The Kier molecular flexibility index (Phi) is 9.53. The molecule has 1 heteroatoms. The van der Waals surface area contributed by atoms with E-state index in [1.807, 2.05) is 3.59 Å². The van der Waals surface area contributed by atoms with Crippen molar-refractivity contribution in [2.24, 2.45) is 0 Å². The molecule has 0 aromatic rings. The quantitative estimate of drug-likeness (QED) is 0.365. The van der Waals surface area contributed by atoms with E-state index in [4.69, 9.17) is 0 Å². The van der Waals surface area contributed by atoms with Crippen LogP contribution in [0.15, 0.2) is 9.67 Å². The zero-order chi connectivity index (χ0) is 14.0. The first kappa shape index (κ1) is 17.6. The van der Waals surface area contributed by atoms with E-state index < -0.39 is 0 Å². The van der Waals surface area contributed by atoms with E-state index in [1.165, 1.54) is 57.8 Å². The van der Waals surface area contributed by atoms with Crippen molar-refractivity contribution in [2.45, 2.75) is 101 Å². The molecule has 0 amide bonds. The zero-order valence-electron chi connectivity index (χ0n) is 13.6. The van der Waals surface area contributed by atoms with Crippen molar-refractivity contribution >= 4 is 21.1 Å². The molecular weight excluding hydrogens is 335 g/mol. The van der Waals surface area contributed by atoms with E-state index in [0.717, 1.165) is 3.43 Å². The van der Waals surface area contributed by atoms with Gasteiger partial charge < -0.3 is 0 Å². The van der Waals surface area contributed by atoms with Gasteiger partial charge in [0.25, 0.3) is 0 Å². The van der Waals surface area contributed by atoms with Gasteiger partial charge in [0.1, 0.15) is 0 Å². The average molecular weight is 369 g/mol. The monoisotopic (exact) mass is 370 g/mol. The molecule has 0 fully saturated rings. The summed E-state index contributed by atoms with van der Waals surface area (Å²) < 4.78 is 2.79. The van der Waals surface area contributed by atoms with Crippen LogP contribution in [0.2, 0.25) is 3.43 Å². The van der Waals surface area contributed by atoms with Gasteiger partial charge in [0, 0.05) is 0 Å². The molecule has 2 radical (unpaired) electrons. The molecule has 1 aliphatic carbocycles. The molecule has 19 heavy (non-hydrogen) atoms. The third-order valence-corrected chi connectivity index (χ3v) is 10.4. The molecule has 0 unspecified atom stereocenters. The van der Waals surface area contributed by atoms with Gasteiger partial charge >= 0.3 is 132 Å².